The molecule has 0 amide bonds. The Morgan fingerprint density at radius 2 is 1.74 bits per heavy atom. The number of likely N-dealkylation sites (tertiary alicyclic amines) is 1. The monoisotopic (exact) mass is 487 g/mol. The van der Waals surface area contributed by atoms with Gasteiger partial charge in [0.05, 0.1) is 6.61 Å². The van der Waals surface area contributed by atoms with Crippen LogP contribution in [0.25, 0.3) is 0 Å². The molecule has 3 heterocycles. The van der Waals surface area contributed by atoms with Crippen LogP contribution in [-0.2, 0) is 19.5 Å². The Balaban J connectivity index is 0.00000160. The predicted molar refractivity (Wildman–Crippen MR) is 132 cm³/mol. The molecule has 1 aromatic heterocycles. The number of benzene rings is 1. The average molecular weight is 489 g/mol. The van der Waals surface area contributed by atoms with Gasteiger partial charge in [0.2, 0.25) is 0 Å². The summed E-state index contributed by atoms with van der Waals surface area (Å²) in [5.74, 6) is 1.69. The van der Waals surface area contributed by atoms with Crippen LogP contribution in [0, 0.1) is 11.3 Å². The van der Waals surface area contributed by atoms with Gasteiger partial charge in [0.25, 0.3) is 0 Å². The van der Waals surface area contributed by atoms with Crippen LogP contribution in [0.4, 0.5) is 0 Å². The molecule has 3 N–H and O–H groups in total. The lowest BCUT2D eigenvalue weighted by Crippen LogP contribution is -2.40. The maximum Gasteiger partial charge on any atom is 0.188 e. The van der Waals surface area contributed by atoms with Gasteiger partial charge in [-0.15, -0.1) is 37.2 Å². The summed E-state index contributed by atoms with van der Waals surface area (Å²) >= 11 is 0. The summed E-state index contributed by atoms with van der Waals surface area (Å²) in [6, 6.07) is 10.6. The first-order valence-corrected chi connectivity index (χ1v) is 10.1. The molecule has 2 aromatic rings. The molecule has 1 saturated heterocycles. The Kier molecular flexibility index (Phi) is 11.4. The van der Waals surface area contributed by atoms with Gasteiger partial charge in [-0.05, 0) is 79.2 Å². The van der Waals surface area contributed by atoms with E-state index in [0.717, 1.165) is 45.0 Å². The average Bonchev–Trinajstić information content (AvgIpc) is 2.73. The highest BCUT2D eigenvalue weighted by Crippen LogP contribution is 2.25. The molecule has 6 nitrogen and oxygen atoms in total. The van der Waals surface area contributed by atoms with E-state index in [2.05, 4.69) is 40.2 Å². The highest BCUT2D eigenvalue weighted by molar-refractivity contribution is 5.86. The molecule has 0 atom stereocenters. The number of rotatable bonds is 5. The van der Waals surface area contributed by atoms with Gasteiger partial charge in [-0.1, -0.05) is 6.07 Å². The van der Waals surface area contributed by atoms with Gasteiger partial charge < -0.3 is 15.4 Å². The first kappa shape index (κ1) is 27.3. The van der Waals surface area contributed by atoms with Crippen molar-refractivity contribution >= 4 is 43.2 Å². The summed E-state index contributed by atoms with van der Waals surface area (Å²) in [4.78, 5) is 8.51. The molecule has 2 aliphatic rings. The lowest BCUT2D eigenvalue weighted by atomic mass is 9.97. The van der Waals surface area contributed by atoms with Crippen molar-refractivity contribution in [3.8, 4) is 5.75 Å². The highest BCUT2D eigenvalue weighted by Gasteiger charge is 2.21. The lowest BCUT2D eigenvalue weighted by Gasteiger charge is -2.32. The number of pyridine rings is 1. The van der Waals surface area contributed by atoms with Crippen LogP contribution in [0.5, 0.6) is 5.75 Å². The highest BCUT2D eigenvalue weighted by atomic mass is 35.5. The van der Waals surface area contributed by atoms with E-state index in [1.165, 1.54) is 29.5 Å². The van der Waals surface area contributed by atoms with Gasteiger partial charge in [-0.2, -0.15) is 0 Å². The number of halogens is 3. The van der Waals surface area contributed by atoms with Crippen molar-refractivity contribution < 1.29 is 4.74 Å². The molecular formula is C22H32Cl3N5O. The second-order valence-corrected chi connectivity index (χ2v) is 7.87. The van der Waals surface area contributed by atoms with E-state index in [1.807, 2.05) is 17.3 Å². The Labute approximate surface area is 203 Å². The fourth-order valence-corrected chi connectivity index (χ4v) is 4.10. The van der Waals surface area contributed by atoms with Crippen LogP contribution in [-0.4, -0.2) is 47.0 Å². The third-order valence-corrected chi connectivity index (χ3v) is 5.88. The Bertz CT molecular complexity index is 816. The topological polar surface area (TPSA) is 78.5 Å². The summed E-state index contributed by atoms with van der Waals surface area (Å²) < 4.78 is 6.13. The Morgan fingerprint density at radius 3 is 2.42 bits per heavy atom. The first-order valence-electron chi connectivity index (χ1n) is 10.1. The minimum absolute atomic E-state index is 0. The zero-order chi connectivity index (χ0) is 19.3. The summed E-state index contributed by atoms with van der Waals surface area (Å²) in [6.07, 6.45) is 7.02. The van der Waals surface area contributed by atoms with Crippen molar-refractivity contribution in [3.05, 3.63) is 59.4 Å². The van der Waals surface area contributed by atoms with E-state index < -0.39 is 0 Å². The number of piperidine rings is 1. The lowest BCUT2D eigenvalue weighted by molar-refractivity contribution is 0.136. The molecule has 0 saturated carbocycles. The molecule has 31 heavy (non-hydrogen) atoms. The molecule has 4 rings (SSSR count). The molecule has 0 unspecified atom stereocenters. The second-order valence-electron chi connectivity index (χ2n) is 7.87. The van der Waals surface area contributed by atoms with Crippen LogP contribution in [0.15, 0.2) is 42.7 Å². The number of aromatic nitrogens is 1. The number of nitrogens with one attached hydrogen (secondary N) is 1. The van der Waals surface area contributed by atoms with Gasteiger partial charge in [0, 0.05) is 32.0 Å². The Morgan fingerprint density at radius 1 is 1.03 bits per heavy atom. The van der Waals surface area contributed by atoms with Crippen molar-refractivity contribution in [2.24, 2.45) is 11.7 Å². The molecule has 1 fully saturated rings. The summed E-state index contributed by atoms with van der Waals surface area (Å²) in [5, 5.41) is 7.65. The van der Waals surface area contributed by atoms with Crippen LogP contribution >= 0.6 is 37.2 Å². The number of hydrogen-bond acceptors (Lipinski definition) is 4. The van der Waals surface area contributed by atoms with Crippen LogP contribution in [0.3, 0.4) is 0 Å². The van der Waals surface area contributed by atoms with E-state index in [1.54, 1.807) is 0 Å². The molecule has 9 heteroatoms. The van der Waals surface area contributed by atoms with Crippen LogP contribution in [0.2, 0.25) is 0 Å². The fraction of sp³-hybridized carbons (Fsp3) is 0.455. The van der Waals surface area contributed by atoms with Crippen molar-refractivity contribution in [3.63, 3.8) is 0 Å². The van der Waals surface area contributed by atoms with Crippen molar-refractivity contribution in [1.29, 1.82) is 5.41 Å². The van der Waals surface area contributed by atoms with E-state index in [4.69, 9.17) is 15.9 Å². The molecule has 172 valence electrons. The third-order valence-electron chi connectivity index (χ3n) is 5.88. The SMILES string of the molecule is Cl.Cl.Cl.N=C(N)N1CCc2ccc(OCC3CCN(Cc4ccncc4)CC3)cc2C1. The fourth-order valence-electron chi connectivity index (χ4n) is 4.10. The first-order chi connectivity index (χ1) is 13.7. The zero-order valence-corrected chi connectivity index (χ0v) is 20.0. The normalized spacial score (nSPS) is 16.2. The minimum atomic E-state index is 0. The number of nitrogens with two attached hydrogens (primary N) is 1. The molecular weight excluding hydrogens is 457 g/mol. The van der Waals surface area contributed by atoms with E-state index >= 15 is 0 Å². The van der Waals surface area contributed by atoms with Gasteiger partial charge in [0.1, 0.15) is 5.75 Å². The van der Waals surface area contributed by atoms with Crippen molar-refractivity contribution in [2.45, 2.75) is 32.4 Å². The van der Waals surface area contributed by atoms with Crippen molar-refractivity contribution in [2.75, 3.05) is 26.2 Å². The number of guanidine groups is 1. The van der Waals surface area contributed by atoms with Gasteiger partial charge in [-0.3, -0.25) is 15.3 Å². The van der Waals surface area contributed by atoms with Crippen LogP contribution < -0.4 is 10.5 Å². The Hall–Kier alpha value is -1.73. The number of hydrogen-bond donors (Lipinski definition) is 2. The van der Waals surface area contributed by atoms with Crippen molar-refractivity contribution in [1.82, 2.24) is 14.8 Å². The van der Waals surface area contributed by atoms with E-state index in [-0.39, 0.29) is 43.2 Å². The minimum Gasteiger partial charge on any atom is -0.493 e. The molecule has 0 radical (unpaired) electrons. The van der Waals surface area contributed by atoms with Gasteiger partial charge in [0.15, 0.2) is 5.96 Å². The predicted octanol–water partition coefficient (Wildman–Crippen LogP) is 3.89. The van der Waals surface area contributed by atoms with E-state index in [9.17, 15) is 0 Å². The standard InChI is InChI=1S/C22H29N5O.3ClH/c23-22(24)27-12-7-19-1-2-21(13-20(19)15-27)28-16-18-5-10-26(11-6-18)14-17-3-8-25-9-4-17;;;/h1-4,8-9,13,18H,5-7,10-12,14-16H2,(H3,23,24);3*1H. The molecule has 0 bridgehead atoms. The number of ether oxygens (including phenoxy) is 1. The summed E-state index contributed by atoms with van der Waals surface area (Å²) in [6.45, 7) is 5.55. The van der Waals surface area contributed by atoms with Crippen LogP contribution in [0.1, 0.15) is 29.5 Å². The third kappa shape index (κ3) is 7.42. The molecule has 0 aliphatic carbocycles. The smallest absolute Gasteiger partial charge is 0.188 e. The van der Waals surface area contributed by atoms with E-state index in [0.29, 0.717) is 12.5 Å². The maximum atomic E-state index is 7.65. The quantitative estimate of drug-likeness (QED) is 0.493. The summed E-state index contributed by atoms with van der Waals surface area (Å²) in [7, 11) is 0. The maximum absolute atomic E-state index is 7.65. The largest absolute Gasteiger partial charge is 0.493 e. The number of fused-ring (bicyclic) bond motifs is 1. The molecule has 0 spiro atoms. The number of nitrogens with zero attached hydrogens (tertiary/aromatic N) is 3. The van der Waals surface area contributed by atoms with Gasteiger partial charge >= 0.3 is 0 Å². The molecule has 2 aliphatic heterocycles. The molecule has 1 aromatic carbocycles. The second kappa shape index (κ2) is 13.0. The summed E-state index contributed by atoms with van der Waals surface area (Å²) in [5.41, 5.74) is 9.55. The van der Waals surface area contributed by atoms with Gasteiger partial charge in [-0.25, -0.2) is 0 Å². The zero-order valence-electron chi connectivity index (χ0n) is 17.5.